The number of hydrogen-bond acceptors (Lipinski definition) is 5. The van der Waals surface area contributed by atoms with E-state index in [4.69, 9.17) is 9.47 Å². The van der Waals surface area contributed by atoms with Gasteiger partial charge in [-0.05, 0) is 36.2 Å². The second-order valence-corrected chi connectivity index (χ2v) is 6.49. The van der Waals surface area contributed by atoms with E-state index >= 15 is 0 Å². The number of rotatable bonds is 6. The Kier molecular flexibility index (Phi) is 4.80. The van der Waals surface area contributed by atoms with Crippen molar-refractivity contribution >= 4 is 34.3 Å². The fraction of sp³-hybridized carbons (Fsp3) is 0.190. The highest BCUT2D eigenvalue weighted by Gasteiger charge is 2.18. The van der Waals surface area contributed by atoms with Crippen molar-refractivity contribution in [1.29, 1.82) is 0 Å². The summed E-state index contributed by atoms with van der Waals surface area (Å²) >= 11 is 0. The largest absolute Gasteiger partial charge is 0.482 e. The van der Waals surface area contributed by atoms with Crippen molar-refractivity contribution in [2.75, 3.05) is 18.5 Å². The Morgan fingerprint density at radius 2 is 2.00 bits per heavy atom. The van der Waals surface area contributed by atoms with Crippen LogP contribution < -0.4 is 10.1 Å². The van der Waals surface area contributed by atoms with Crippen molar-refractivity contribution < 1.29 is 23.9 Å². The Bertz CT molecular complexity index is 1070. The molecule has 1 aliphatic heterocycles. The zero-order valence-electron chi connectivity index (χ0n) is 15.0. The van der Waals surface area contributed by atoms with Crippen LogP contribution in [0, 0.1) is 0 Å². The van der Waals surface area contributed by atoms with Crippen molar-refractivity contribution in [3.8, 4) is 5.75 Å². The minimum atomic E-state index is -0.437. The average molecular weight is 378 g/mol. The fourth-order valence-electron chi connectivity index (χ4n) is 3.13. The lowest BCUT2D eigenvalue weighted by Crippen LogP contribution is -2.25. The normalized spacial score (nSPS) is 12.8. The van der Waals surface area contributed by atoms with Crippen LogP contribution in [0.1, 0.15) is 22.3 Å². The van der Waals surface area contributed by atoms with Gasteiger partial charge in [0, 0.05) is 29.1 Å². The molecule has 142 valence electrons. The summed E-state index contributed by atoms with van der Waals surface area (Å²) in [5.74, 6) is -0.552. The fourth-order valence-corrected chi connectivity index (χ4v) is 3.13. The first-order valence-electron chi connectivity index (χ1n) is 8.90. The van der Waals surface area contributed by atoms with Gasteiger partial charge in [0.25, 0.3) is 5.91 Å². The zero-order chi connectivity index (χ0) is 19.5. The lowest BCUT2D eigenvalue weighted by atomic mass is 10.1. The van der Waals surface area contributed by atoms with Gasteiger partial charge in [-0.25, -0.2) is 0 Å². The van der Waals surface area contributed by atoms with E-state index in [0.29, 0.717) is 23.4 Å². The van der Waals surface area contributed by atoms with Crippen molar-refractivity contribution in [3.63, 3.8) is 0 Å². The molecule has 4 rings (SSSR count). The van der Waals surface area contributed by atoms with Crippen LogP contribution in [0.15, 0.2) is 48.7 Å². The number of Topliss-reactive ketones (excluding diaryl/α,β-unsaturated/α-hetero) is 1. The molecule has 7 nitrogen and oxygen atoms in total. The molecule has 3 aromatic rings. The lowest BCUT2D eigenvalue weighted by molar-refractivity contribution is -0.142. The molecule has 0 radical (unpaired) electrons. The van der Waals surface area contributed by atoms with Gasteiger partial charge < -0.3 is 19.8 Å². The number of anilines is 1. The number of aromatic nitrogens is 1. The SMILES string of the molecule is O=C1COc2ccc(C(=O)COC(=O)CCc3c[nH]c4ccccc34)cc2N1. The second kappa shape index (κ2) is 7.56. The maximum atomic E-state index is 12.3. The number of aromatic amines is 1. The van der Waals surface area contributed by atoms with Crippen molar-refractivity contribution in [2.45, 2.75) is 12.8 Å². The first-order valence-corrected chi connectivity index (χ1v) is 8.90. The number of para-hydroxylation sites is 1. The zero-order valence-corrected chi connectivity index (χ0v) is 15.0. The molecule has 1 aromatic heterocycles. The molecule has 0 bridgehead atoms. The molecule has 0 aliphatic carbocycles. The molecule has 2 aromatic carbocycles. The predicted molar refractivity (Wildman–Crippen MR) is 102 cm³/mol. The smallest absolute Gasteiger partial charge is 0.306 e. The Balaban J connectivity index is 1.31. The molecule has 0 fully saturated rings. The number of amides is 1. The van der Waals surface area contributed by atoms with Crippen LogP contribution in [0.3, 0.4) is 0 Å². The molecule has 28 heavy (non-hydrogen) atoms. The third-order valence-electron chi connectivity index (χ3n) is 4.57. The van der Waals surface area contributed by atoms with Gasteiger partial charge in [-0.2, -0.15) is 0 Å². The number of carbonyl (C=O) groups excluding carboxylic acids is 3. The molecule has 1 amide bonds. The minimum Gasteiger partial charge on any atom is -0.482 e. The molecule has 2 N–H and O–H groups in total. The summed E-state index contributed by atoms with van der Waals surface area (Å²) in [4.78, 5) is 38.9. The average Bonchev–Trinajstić information content (AvgIpc) is 3.13. The summed E-state index contributed by atoms with van der Waals surface area (Å²) in [5.41, 5.74) is 2.83. The molecule has 1 aliphatic rings. The lowest BCUT2D eigenvalue weighted by Gasteiger charge is -2.18. The van der Waals surface area contributed by atoms with Crippen LogP contribution in [0.5, 0.6) is 5.75 Å². The van der Waals surface area contributed by atoms with E-state index in [1.54, 1.807) is 12.1 Å². The van der Waals surface area contributed by atoms with Crippen LogP contribution in [0.2, 0.25) is 0 Å². The topological polar surface area (TPSA) is 97.5 Å². The molecule has 7 heteroatoms. The van der Waals surface area contributed by atoms with Crippen LogP contribution >= 0.6 is 0 Å². The van der Waals surface area contributed by atoms with Gasteiger partial charge in [-0.3, -0.25) is 14.4 Å². The first kappa shape index (κ1) is 17.8. The summed E-state index contributed by atoms with van der Waals surface area (Å²) in [5, 5.41) is 3.72. The number of hydrogen-bond donors (Lipinski definition) is 2. The summed E-state index contributed by atoms with van der Waals surface area (Å²) in [7, 11) is 0. The van der Waals surface area contributed by atoms with Crippen molar-refractivity contribution in [1.82, 2.24) is 4.98 Å². The standard InChI is InChI=1S/C21H18N2O5/c24-18(13-5-7-19-17(9-13)23-20(25)12-27-19)11-28-21(26)8-6-14-10-22-16-4-2-1-3-15(14)16/h1-5,7,9-10,22H,6,8,11-12H2,(H,23,25). The minimum absolute atomic E-state index is 0.0473. The van der Waals surface area contributed by atoms with Gasteiger partial charge in [0.15, 0.2) is 19.0 Å². The van der Waals surface area contributed by atoms with Crippen molar-refractivity contribution in [2.24, 2.45) is 0 Å². The number of ether oxygens (including phenoxy) is 2. The van der Waals surface area contributed by atoms with Crippen LogP contribution in [0.4, 0.5) is 5.69 Å². The predicted octanol–water partition coefficient (Wildman–Crippen LogP) is 2.86. The summed E-state index contributed by atoms with van der Waals surface area (Å²) in [6.07, 6.45) is 2.59. The van der Waals surface area contributed by atoms with Gasteiger partial charge in [-0.15, -0.1) is 0 Å². The molecule has 0 unspecified atom stereocenters. The Morgan fingerprint density at radius 3 is 2.89 bits per heavy atom. The number of benzene rings is 2. The molecular formula is C21H18N2O5. The number of nitrogens with one attached hydrogen (secondary N) is 2. The Morgan fingerprint density at radius 1 is 1.14 bits per heavy atom. The first-order chi connectivity index (χ1) is 13.6. The number of aryl methyl sites for hydroxylation is 1. The molecule has 0 saturated heterocycles. The highest BCUT2D eigenvalue weighted by atomic mass is 16.5. The van der Waals surface area contributed by atoms with Gasteiger partial charge >= 0.3 is 5.97 Å². The van der Waals surface area contributed by atoms with Gasteiger partial charge in [0.2, 0.25) is 0 Å². The Hall–Kier alpha value is -3.61. The van der Waals surface area contributed by atoms with Crippen LogP contribution in [-0.4, -0.2) is 35.9 Å². The van der Waals surface area contributed by atoms with Gasteiger partial charge in [-0.1, -0.05) is 18.2 Å². The molecule has 0 saturated carbocycles. The van der Waals surface area contributed by atoms with E-state index < -0.39 is 5.97 Å². The number of H-pyrrole nitrogens is 1. The highest BCUT2D eigenvalue weighted by Crippen LogP contribution is 2.28. The van der Waals surface area contributed by atoms with E-state index in [2.05, 4.69) is 10.3 Å². The number of fused-ring (bicyclic) bond motifs is 2. The quantitative estimate of drug-likeness (QED) is 0.508. The number of ketones is 1. The molecule has 0 spiro atoms. The monoisotopic (exact) mass is 378 g/mol. The molecule has 2 heterocycles. The van der Waals surface area contributed by atoms with Crippen molar-refractivity contribution in [3.05, 3.63) is 59.8 Å². The maximum absolute atomic E-state index is 12.3. The van der Waals surface area contributed by atoms with E-state index in [-0.39, 0.29) is 31.3 Å². The number of esters is 1. The molecule has 0 atom stereocenters. The van der Waals surface area contributed by atoms with E-state index in [0.717, 1.165) is 16.5 Å². The van der Waals surface area contributed by atoms with E-state index in [1.807, 2.05) is 30.5 Å². The van der Waals surface area contributed by atoms with Crippen LogP contribution in [0.25, 0.3) is 10.9 Å². The summed E-state index contributed by atoms with van der Waals surface area (Å²) in [6.45, 7) is -0.394. The third-order valence-corrected chi connectivity index (χ3v) is 4.57. The van der Waals surface area contributed by atoms with Gasteiger partial charge in [0.1, 0.15) is 5.75 Å². The van der Waals surface area contributed by atoms with Gasteiger partial charge in [0.05, 0.1) is 5.69 Å². The number of carbonyl (C=O) groups is 3. The second-order valence-electron chi connectivity index (χ2n) is 6.49. The van der Waals surface area contributed by atoms with E-state index in [1.165, 1.54) is 6.07 Å². The highest BCUT2D eigenvalue weighted by molar-refractivity contribution is 6.01. The maximum Gasteiger partial charge on any atom is 0.306 e. The molecular weight excluding hydrogens is 360 g/mol. The summed E-state index contributed by atoms with van der Waals surface area (Å²) < 4.78 is 10.4. The third kappa shape index (κ3) is 3.73. The summed E-state index contributed by atoms with van der Waals surface area (Å²) in [6, 6.07) is 12.6. The van der Waals surface area contributed by atoms with E-state index in [9.17, 15) is 14.4 Å². The van der Waals surface area contributed by atoms with Crippen LogP contribution in [-0.2, 0) is 20.7 Å². The Labute approximate surface area is 160 Å².